The van der Waals surface area contributed by atoms with Crippen molar-refractivity contribution in [3.63, 3.8) is 0 Å². The first-order valence-electron chi connectivity index (χ1n) is 7.77. The zero-order valence-electron chi connectivity index (χ0n) is 13.2. The van der Waals surface area contributed by atoms with E-state index in [9.17, 15) is 0 Å². The highest BCUT2D eigenvalue weighted by atomic mass is 32.2. The van der Waals surface area contributed by atoms with Crippen LogP contribution < -0.4 is 5.32 Å². The molecule has 0 spiro atoms. The summed E-state index contributed by atoms with van der Waals surface area (Å²) in [5.41, 5.74) is 2.26. The van der Waals surface area contributed by atoms with Crippen molar-refractivity contribution in [3.8, 4) is 0 Å². The lowest BCUT2D eigenvalue weighted by Gasteiger charge is -1.97. The fraction of sp³-hybridized carbons (Fsp3) is 0.0588. The number of benzene rings is 1. The van der Waals surface area contributed by atoms with E-state index < -0.39 is 0 Å². The minimum atomic E-state index is 0.563. The lowest BCUT2D eigenvalue weighted by molar-refractivity contribution is 0.518. The van der Waals surface area contributed by atoms with E-state index in [-0.39, 0.29) is 0 Å². The summed E-state index contributed by atoms with van der Waals surface area (Å²) >= 11 is 2.86. The number of rotatable bonds is 5. The van der Waals surface area contributed by atoms with Gasteiger partial charge in [0.15, 0.2) is 9.92 Å². The fourth-order valence-corrected chi connectivity index (χ4v) is 4.25. The van der Waals surface area contributed by atoms with E-state index in [0.29, 0.717) is 12.1 Å². The van der Waals surface area contributed by atoms with Crippen molar-refractivity contribution in [2.75, 3.05) is 5.32 Å². The molecular formula is C17H11N5O2S2. The molecule has 0 bridgehead atoms. The van der Waals surface area contributed by atoms with E-state index in [1.165, 1.54) is 23.1 Å². The van der Waals surface area contributed by atoms with Gasteiger partial charge in [-0.05, 0) is 36.0 Å². The van der Waals surface area contributed by atoms with Gasteiger partial charge < -0.3 is 14.2 Å². The second kappa shape index (κ2) is 6.43. The molecule has 0 aliphatic heterocycles. The van der Waals surface area contributed by atoms with Gasteiger partial charge in [-0.15, -0.1) is 10.2 Å². The Labute approximate surface area is 155 Å². The first-order valence-corrected chi connectivity index (χ1v) is 9.40. The zero-order chi connectivity index (χ0) is 17.3. The Hall–Kier alpha value is -2.91. The van der Waals surface area contributed by atoms with E-state index in [2.05, 4.69) is 25.5 Å². The van der Waals surface area contributed by atoms with E-state index in [1.54, 1.807) is 12.6 Å². The molecule has 0 aliphatic carbocycles. The molecule has 1 aromatic carbocycles. The highest BCUT2D eigenvalue weighted by molar-refractivity contribution is 8.01. The molecule has 4 heterocycles. The molecule has 0 amide bonds. The van der Waals surface area contributed by atoms with Gasteiger partial charge in [0, 0.05) is 5.39 Å². The van der Waals surface area contributed by atoms with Gasteiger partial charge in [0.2, 0.25) is 5.13 Å². The van der Waals surface area contributed by atoms with E-state index in [4.69, 9.17) is 8.83 Å². The standard InChI is InChI=1S/C17H11N5O2S2/c1-2-6-12-11(5-1)13-14(24-12)15(20-9-19-13)25-17-22-21-16(26-17)18-8-10-4-3-7-23-10/h1-7,9H,8H2,(H,18,21). The van der Waals surface area contributed by atoms with Crippen LogP contribution >= 0.6 is 23.1 Å². The molecule has 0 atom stereocenters. The second-order valence-corrected chi connectivity index (χ2v) is 7.58. The summed E-state index contributed by atoms with van der Waals surface area (Å²) in [6.07, 6.45) is 3.19. The molecule has 0 saturated carbocycles. The van der Waals surface area contributed by atoms with Crippen LogP contribution in [0, 0.1) is 0 Å². The third-order valence-corrected chi connectivity index (χ3v) is 5.63. The van der Waals surface area contributed by atoms with Crippen LogP contribution in [-0.2, 0) is 6.54 Å². The lowest BCUT2D eigenvalue weighted by atomic mass is 10.2. The molecule has 0 unspecified atom stereocenters. The maximum Gasteiger partial charge on any atom is 0.206 e. The smallest absolute Gasteiger partial charge is 0.206 e. The Morgan fingerprint density at radius 2 is 2.04 bits per heavy atom. The zero-order valence-corrected chi connectivity index (χ0v) is 14.9. The van der Waals surface area contributed by atoms with E-state index in [1.807, 2.05) is 36.4 Å². The minimum Gasteiger partial charge on any atom is -0.467 e. The van der Waals surface area contributed by atoms with Crippen molar-refractivity contribution in [2.24, 2.45) is 0 Å². The van der Waals surface area contributed by atoms with Gasteiger partial charge in [0.25, 0.3) is 0 Å². The maximum atomic E-state index is 5.94. The summed E-state index contributed by atoms with van der Waals surface area (Å²) in [6.45, 7) is 0.563. The fourth-order valence-electron chi connectivity index (χ4n) is 2.56. The topological polar surface area (TPSA) is 89.9 Å². The van der Waals surface area contributed by atoms with Crippen molar-refractivity contribution in [1.29, 1.82) is 0 Å². The van der Waals surface area contributed by atoms with E-state index >= 15 is 0 Å². The largest absolute Gasteiger partial charge is 0.467 e. The second-order valence-electron chi connectivity index (χ2n) is 5.36. The average Bonchev–Trinajstić information content (AvgIpc) is 3.40. The Bertz CT molecular complexity index is 1180. The Balaban J connectivity index is 1.41. The van der Waals surface area contributed by atoms with Crippen LogP contribution in [0.4, 0.5) is 5.13 Å². The molecule has 128 valence electrons. The number of hydrogen-bond acceptors (Lipinski definition) is 9. The molecule has 5 aromatic rings. The highest BCUT2D eigenvalue weighted by Crippen LogP contribution is 2.37. The van der Waals surface area contributed by atoms with Crippen LogP contribution in [0.5, 0.6) is 0 Å². The number of furan rings is 2. The van der Waals surface area contributed by atoms with Gasteiger partial charge in [0.1, 0.15) is 28.2 Å². The Kier molecular flexibility index (Phi) is 3.80. The minimum absolute atomic E-state index is 0.563. The molecule has 4 aromatic heterocycles. The predicted molar refractivity (Wildman–Crippen MR) is 99.4 cm³/mol. The number of hydrogen-bond donors (Lipinski definition) is 1. The van der Waals surface area contributed by atoms with Gasteiger partial charge in [-0.2, -0.15) is 0 Å². The molecule has 9 heteroatoms. The third-order valence-electron chi connectivity index (χ3n) is 3.71. The molecule has 0 aliphatic rings. The summed E-state index contributed by atoms with van der Waals surface area (Å²) in [5, 5.41) is 14.0. The molecule has 26 heavy (non-hydrogen) atoms. The van der Waals surface area contributed by atoms with Gasteiger partial charge in [-0.1, -0.05) is 23.5 Å². The van der Waals surface area contributed by atoms with Crippen LogP contribution in [0.2, 0.25) is 0 Å². The number of nitrogens with one attached hydrogen (secondary N) is 1. The first kappa shape index (κ1) is 15.4. The molecule has 7 nitrogen and oxygen atoms in total. The number of para-hydroxylation sites is 1. The van der Waals surface area contributed by atoms with Gasteiger partial charge in [-0.3, -0.25) is 0 Å². The lowest BCUT2D eigenvalue weighted by Crippen LogP contribution is -1.96. The molecule has 0 fully saturated rings. The molecule has 0 saturated heterocycles. The van der Waals surface area contributed by atoms with Crippen molar-refractivity contribution in [1.82, 2.24) is 20.2 Å². The average molecular weight is 381 g/mol. The number of fused-ring (bicyclic) bond motifs is 3. The Morgan fingerprint density at radius 1 is 1.08 bits per heavy atom. The molecule has 5 rings (SSSR count). The van der Waals surface area contributed by atoms with Gasteiger partial charge in [-0.25, -0.2) is 9.97 Å². The summed E-state index contributed by atoms with van der Waals surface area (Å²) in [7, 11) is 0. The first-order chi connectivity index (χ1) is 12.9. The van der Waals surface area contributed by atoms with Crippen LogP contribution in [0.3, 0.4) is 0 Å². The van der Waals surface area contributed by atoms with Crippen LogP contribution in [0.25, 0.3) is 22.1 Å². The molecular weight excluding hydrogens is 370 g/mol. The number of anilines is 1. The van der Waals surface area contributed by atoms with Gasteiger partial charge in [0.05, 0.1) is 12.8 Å². The van der Waals surface area contributed by atoms with Gasteiger partial charge >= 0.3 is 0 Å². The quantitative estimate of drug-likeness (QED) is 0.442. The Morgan fingerprint density at radius 3 is 2.96 bits per heavy atom. The monoisotopic (exact) mass is 381 g/mol. The summed E-state index contributed by atoms with van der Waals surface area (Å²) in [6, 6.07) is 11.6. The third kappa shape index (κ3) is 2.80. The predicted octanol–water partition coefficient (Wildman–Crippen LogP) is 4.58. The van der Waals surface area contributed by atoms with Crippen molar-refractivity contribution in [3.05, 3.63) is 54.7 Å². The van der Waals surface area contributed by atoms with Crippen molar-refractivity contribution in [2.45, 2.75) is 15.9 Å². The summed E-state index contributed by atoms with van der Waals surface area (Å²) < 4.78 is 12.0. The summed E-state index contributed by atoms with van der Waals surface area (Å²) in [4.78, 5) is 8.72. The van der Waals surface area contributed by atoms with Crippen molar-refractivity contribution >= 4 is 50.3 Å². The summed E-state index contributed by atoms with van der Waals surface area (Å²) in [5.74, 6) is 0.842. The number of nitrogens with zero attached hydrogens (tertiary/aromatic N) is 4. The van der Waals surface area contributed by atoms with Crippen LogP contribution in [0.15, 0.2) is 67.2 Å². The number of aromatic nitrogens is 4. The highest BCUT2D eigenvalue weighted by Gasteiger charge is 2.16. The normalized spacial score (nSPS) is 11.4. The SMILES string of the molecule is c1coc(CNc2nnc(Sc3ncnc4c3oc3ccccc34)s2)c1. The van der Waals surface area contributed by atoms with Crippen LogP contribution in [0.1, 0.15) is 5.76 Å². The molecule has 0 radical (unpaired) electrons. The molecule has 1 N–H and O–H groups in total. The van der Waals surface area contributed by atoms with E-state index in [0.717, 1.165) is 36.7 Å². The van der Waals surface area contributed by atoms with Crippen LogP contribution in [-0.4, -0.2) is 20.2 Å². The van der Waals surface area contributed by atoms with Crippen molar-refractivity contribution < 1.29 is 8.83 Å². The maximum absolute atomic E-state index is 5.94.